The van der Waals surface area contributed by atoms with Gasteiger partial charge in [-0.05, 0) is 13.1 Å². The van der Waals surface area contributed by atoms with Crippen LogP contribution in [0.15, 0.2) is 24.0 Å². The summed E-state index contributed by atoms with van der Waals surface area (Å²) >= 11 is 1.64. The van der Waals surface area contributed by atoms with Crippen LogP contribution in [0.5, 0.6) is 0 Å². The van der Waals surface area contributed by atoms with Gasteiger partial charge < -0.3 is 5.32 Å². The van der Waals surface area contributed by atoms with Crippen molar-refractivity contribution in [3.63, 3.8) is 0 Å². The van der Waals surface area contributed by atoms with Crippen LogP contribution in [0, 0.1) is 0 Å². The molecule has 14 heavy (non-hydrogen) atoms. The average Bonchev–Trinajstić information content (AvgIpc) is 2.79. The molecule has 1 unspecified atom stereocenters. The number of nitrogens with one attached hydrogen (secondary N) is 1. The first-order valence-electron chi connectivity index (χ1n) is 4.36. The standard InChI is InChI=1S/C9H12N4S/c1-10-9(8-5-11-6-14-8)7-3-4-13(2)12-7/h3-6,9-10H,1-2H3. The number of hydrogen-bond donors (Lipinski definition) is 1. The zero-order chi connectivity index (χ0) is 9.97. The van der Waals surface area contributed by atoms with Crippen LogP contribution in [-0.4, -0.2) is 21.8 Å². The van der Waals surface area contributed by atoms with Crippen LogP contribution < -0.4 is 5.32 Å². The highest BCUT2D eigenvalue weighted by molar-refractivity contribution is 7.09. The summed E-state index contributed by atoms with van der Waals surface area (Å²) in [6, 6.07) is 2.17. The van der Waals surface area contributed by atoms with Crippen LogP contribution >= 0.6 is 11.3 Å². The lowest BCUT2D eigenvalue weighted by atomic mass is 10.2. The van der Waals surface area contributed by atoms with Gasteiger partial charge in [-0.15, -0.1) is 11.3 Å². The predicted molar refractivity (Wildman–Crippen MR) is 56.2 cm³/mol. The van der Waals surface area contributed by atoms with Gasteiger partial charge in [-0.25, -0.2) is 0 Å². The molecule has 0 fully saturated rings. The van der Waals surface area contributed by atoms with Gasteiger partial charge in [0, 0.05) is 24.3 Å². The molecular formula is C9H12N4S. The van der Waals surface area contributed by atoms with Gasteiger partial charge in [0.15, 0.2) is 0 Å². The number of thiazole rings is 1. The van der Waals surface area contributed by atoms with Gasteiger partial charge >= 0.3 is 0 Å². The fraction of sp³-hybridized carbons (Fsp3) is 0.333. The molecule has 2 heterocycles. The number of aromatic nitrogens is 3. The molecule has 1 atom stereocenters. The first-order chi connectivity index (χ1) is 6.81. The second-order valence-electron chi connectivity index (χ2n) is 3.04. The maximum atomic E-state index is 4.37. The van der Waals surface area contributed by atoms with Crippen LogP contribution in [0.25, 0.3) is 0 Å². The molecule has 0 amide bonds. The van der Waals surface area contributed by atoms with E-state index in [-0.39, 0.29) is 6.04 Å². The van der Waals surface area contributed by atoms with E-state index in [4.69, 9.17) is 0 Å². The number of nitrogens with zero attached hydrogens (tertiary/aromatic N) is 3. The van der Waals surface area contributed by atoms with E-state index >= 15 is 0 Å². The fourth-order valence-electron chi connectivity index (χ4n) is 1.39. The van der Waals surface area contributed by atoms with E-state index in [2.05, 4.69) is 15.4 Å². The lowest BCUT2D eigenvalue weighted by molar-refractivity contribution is 0.649. The molecule has 1 N–H and O–H groups in total. The lowest BCUT2D eigenvalue weighted by Crippen LogP contribution is -2.17. The first kappa shape index (κ1) is 9.36. The molecule has 0 spiro atoms. The quantitative estimate of drug-likeness (QED) is 0.823. The van der Waals surface area contributed by atoms with E-state index in [1.54, 1.807) is 16.0 Å². The second-order valence-corrected chi connectivity index (χ2v) is 3.96. The molecule has 2 aromatic rings. The largest absolute Gasteiger partial charge is 0.307 e. The van der Waals surface area contributed by atoms with Crippen molar-refractivity contribution in [3.8, 4) is 0 Å². The minimum atomic E-state index is 0.156. The zero-order valence-electron chi connectivity index (χ0n) is 8.14. The highest BCUT2D eigenvalue weighted by atomic mass is 32.1. The van der Waals surface area contributed by atoms with Crippen molar-refractivity contribution in [2.24, 2.45) is 7.05 Å². The molecule has 0 aliphatic rings. The third kappa shape index (κ3) is 1.69. The summed E-state index contributed by atoms with van der Waals surface area (Å²) in [4.78, 5) is 5.25. The van der Waals surface area contributed by atoms with Crippen molar-refractivity contribution in [1.29, 1.82) is 0 Å². The monoisotopic (exact) mass is 208 g/mol. The summed E-state index contributed by atoms with van der Waals surface area (Å²) in [5.41, 5.74) is 2.86. The van der Waals surface area contributed by atoms with Gasteiger partial charge in [0.1, 0.15) is 0 Å². The maximum Gasteiger partial charge on any atom is 0.0877 e. The summed E-state index contributed by atoms with van der Waals surface area (Å²) in [6.45, 7) is 0. The molecule has 0 aliphatic carbocycles. The Hall–Kier alpha value is -1.20. The zero-order valence-corrected chi connectivity index (χ0v) is 8.95. The third-order valence-electron chi connectivity index (χ3n) is 2.05. The molecule has 4 nitrogen and oxygen atoms in total. The van der Waals surface area contributed by atoms with E-state index in [0.29, 0.717) is 0 Å². The molecule has 0 bridgehead atoms. The minimum Gasteiger partial charge on any atom is -0.307 e. The van der Waals surface area contributed by atoms with Crippen LogP contribution in [-0.2, 0) is 7.05 Å². The molecule has 2 rings (SSSR count). The number of rotatable bonds is 3. The SMILES string of the molecule is CNC(c1ccn(C)n1)c1cncs1. The minimum absolute atomic E-state index is 0.156. The Balaban J connectivity index is 2.31. The summed E-state index contributed by atoms with van der Waals surface area (Å²) in [5, 5.41) is 7.60. The van der Waals surface area contributed by atoms with Crippen LogP contribution in [0.3, 0.4) is 0 Å². The van der Waals surface area contributed by atoms with Crippen molar-refractivity contribution in [3.05, 3.63) is 34.5 Å². The molecule has 0 saturated carbocycles. The van der Waals surface area contributed by atoms with E-state index in [0.717, 1.165) is 5.69 Å². The number of aryl methyl sites for hydroxylation is 1. The highest BCUT2D eigenvalue weighted by Crippen LogP contribution is 2.22. The Morgan fingerprint density at radius 3 is 2.93 bits per heavy atom. The summed E-state index contributed by atoms with van der Waals surface area (Å²) < 4.78 is 1.81. The second kappa shape index (κ2) is 3.89. The Kier molecular flexibility index (Phi) is 2.60. The van der Waals surface area contributed by atoms with Gasteiger partial charge in [0.25, 0.3) is 0 Å². The molecular weight excluding hydrogens is 196 g/mol. The third-order valence-corrected chi connectivity index (χ3v) is 2.90. The maximum absolute atomic E-state index is 4.37. The van der Waals surface area contributed by atoms with Gasteiger partial charge in [-0.1, -0.05) is 0 Å². The fourth-order valence-corrected chi connectivity index (χ4v) is 2.13. The first-order valence-corrected chi connectivity index (χ1v) is 5.24. The van der Waals surface area contributed by atoms with Crippen LogP contribution in [0.2, 0.25) is 0 Å². The van der Waals surface area contributed by atoms with Crippen LogP contribution in [0.4, 0.5) is 0 Å². The smallest absolute Gasteiger partial charge is 0.0877 e. The molecule has 0 aliphatic heterocycles. The molecule has 5 heteroatoms. The Labute approximate surface area is 86.6 Å². The Morgan fingerprint density at radius 2 is 2.43 bits per heavy atom. The van der Waals surface area contributed by atoms with Crippen molar-refractivity contribution >= 4 is 11.3 Å². The van der Waals surface area contributed by atoms with E-state index in [1.165, 1.54) is 4.88 Å². The van der Waals surface area contributed by atoms with Gasteiger partial charge in [-0.2, -0.15) is 5.10 Å². The van der Waals surface area contributed by atoms with Crippen LogP contribution in [0.1, 0.15) is 16.6 Å². The summed E-state index contributed by atoms with van der Waals surface area (Å²) in [5.74, 6) is 0. The van der Waals surface area contributed by atoms with Gasteiger partial charge in [-0.3, -0.25) is 9.67 Å². The Morgan fingerprint density at radius 1 is 1.57 bits per heavy atom. The molecule has 2 aromatic heterocycles. The van der Waals surface area contributed by atoms with Crippen molar-refractivity contribution < 1.29 is 0 Å². The topological polar surface area (TPSA) is 42.7 Å². The van der Waals surface area contributed by atoms with Crippen molar-refractivity contribution in [2.45, 2.75) is 6.04 Å². The average molecular weight is 208 g/mol. The van der Waals surface area contributed by atoms with E-state index in [1.807, 2.05) is 38.1 Å². The number of hydrogen-bond acceptors (Lipinski definition) is 4. The van der Waals surface area contributed by atoms with Gasteiger partial charge in [0.2, 0.25) is 0 Å². The molecule has 0 saturated heterocycles. The van der Waals surface area contributed by atoms with Crippen molar-refractivity contribution in [2.75, 3.05) is 7.05 Å². The summed E-state index contributed by atoms with van der Waals surface area (Å²) in [6.07, 6.45) is 3.82. The lowest BCUT2D eigenvalue weighted by Gasteiger charge is -2.10. The highest BCUT2D eigenvalue weighted by Gasteiger charge is 2.15. The molecule has 0 radical (unpaired) electrons. The normalized spacial score (nSPS) is 13.0. The van der Waals surface area contributed by atoms with Gasteiger partial charge in [0.05, 0.1) is 17.2 Å². The predicted octanol–water partition coefficient (Wildman–Crippen LogP) is 1.19. The van der Waals surface area contributed by atoms with E-state index < -0.39 is 0 Å². The van der Waals surface area contributed by atoms with E-state index in [9.17, 15) is 0 Å². The Bertz CT molecular complexity index is 393. The molecule has 74 valence electrons. The van der Waals surface area contributed by atoms with Crippen molar-refractivity contribution in [1.82, 2.24) is 20.1 Å². The molecule has 0 aromatic carbocycles. The summed E-state index contributed by atoms with van der Waals surface area (Å²) in [7, 11) is 3.85.